The van der Waals surface area contributed by atoms with Gasteiger partial charge in [-0.1, -0.05) is 42.5 Å². The first-order valence-electron chi connectivity index (χ1n) is 8.45. The molecule has 1 N–H and O–H groups in total. The fraction of sp³-hybridized carbons (Fsp3) is 0.143. The topological polar surface area (TPSA) is 59.4 Å². The van der Waals surface area contributed by atoms with Gasteiger partial charge in [-0.15, -0.1) is 0 Å². The molecule has 26 heavy (non-hydrogen) atoms. The van der Waals surface area contributed by atoms with Gasteiger partial charge >= 0.3 is 0 Å². The molecule has 2 aromatic carbocycles. The number of aryl methyl sites for hydroxylation is 1. The SMILES string of the molecule is COc1ccc(-c2c(C)nn3c(=O)cc(Cc4ccccc4)[nH]c23)cc1. The molecule has 4 aromatic rings. The van der Waals surface area contributed by atoms with Crippen LogP contribution in [0.4, 0.5) is 0 Å². The molecule has 0 fully saturated rings. The zero-order valence-corrected chi connectivity index (χ0v) is 14.7. The number of rotatable bonds is 4. The monoisotopic (exact) mass is 345 g/mol. The van der Waals surface area contributed by atoms with Crippen LogP contribution in [0.5, 0.6) is 5.75 Å². The molecule has 2 aromatic heterocycles. The molecule has 5 heteroatoms. The number of hydrogen-bond acceptors (Lipinski definition) is 3. The highest BCUT2D eigenvalue weighted by Gasteiger charge is 2.15. The Morgan fingerprint density at radius 2 is 1.81 bits per heavy atom. The minimum absolute atomic E-state index is 0.132. The summed E-state index contributed by atoms with van der Waals surface area (Å²) in [5, 5.41) is 4.42. The Balaban J connectivity index is 1.85. The van der Waals surface area contributed by atoms with E-state index in [0.29, 0.717) is 12.1 Å². The third-order valence-electron chi connectivity index (χ3n) is 4.46. The second-order valence-corrected chi connectivity index (χ2v) is 6.24. The molecule has 0 unspecified atom stereocenters. The molecule has 130 valence electrons. The van der Waals surface area contributed by atoms with Crippen LogP contribution in [0.15, 0.2) is 65.5 Å². The van der Waals surface area contributed by atoms with Crippen molar-refractivity contribution < 1.29 is 4.74 Å². The molecule has 2 heterocycles. The van der Waals surface area contributed by atoms with Crippen LogP contribution in [0.1, 0.15) is 17.0 Å². The number of aromatic amines is 1. The van der Waals surface area contributed by atoms with Crippen molar-refractivity contribution in [1.29, 1.82) is 0 Å². The van der Waals surface area contributed by atoms with Gasteiger partial charge in [0.25, 0.3) is 5.56 Å². The number of methoxy groups -OCH3 is 1. The average Bonchev–Trinajstić information content (AvgIpc) is 2.99. The van der Waals surface area contributed by atoms with E-state index in [-0.39, 0.29) is 5.56 Å². The molecule has 0 atom stereocenters. The highest BCUT2D eigenvalue weighted by atomic mass is 16.5. The average molecular weight is 345 g/mol. The van der Waals surface area contributed by atoms with Gasteiger partial charge in [0.2, 0.25) is 0 Å². The van der Waals surface area contributed by atoms with Crippen molar-refractivity contribution >= 4 is 5.65 Å². The maximum absolute atomic E-state index is 12.5. The predicted molar refractivity (Wildman–Crippen MR) is 102 cm³/mol. The van der Waals surface area contributed by atoms with E-state index in [2.05, 4.69) is 22.2 Å². The minimum Gasteiger partial charge on any atom is -0.497 e. The number of hydrogen-bond donors (Lipinski definition) is 1. The summed E-state index contributed by atoms with van der Waals surface area (Å²) in [7, 11) is 1.64. The lowest BCUT2D eigenvalue weighted by atomic mass is 10.1. The quantitative estimate of drug-likeness (QED) is 0.615. The van der Waals surface area contributed by atoms with Crippen LogP contribution < -0.4 is 10.3 Å². The highest BCUT2D eigenvalue weighted by Crippen LogP contribution is 2.28. The zero-order valence-electron chi connectivity index (χ0n) is 14.7. The molecule has 0 bridgehead atoms. The number of benzene rings is 2. The summed E-state index contributed by atoms with van der Waals surface area (Å²) >= 11 is 0. The largest absolute Gasteiger partial charge is 0.497 e. The Hall–Kier alpha value is -3.34. The third-order valence-corrected chi connectivity index (χ3v) is 4.46. The highest BCUT2D eigenvalue weighted by molar-refractivity contribution is 5.80. The fourth-order valence-corrected chi connectivity index (χ4v) is 3.21. The number of H-pyrrole nitrogens is 1. The van der Waals surface area contributed by atoms with Crippen LogP contribution in [-0.4, -0.2) is 21.7 Å². The van der Waals surface area contributed by atoms with Crippen molar-refractivity contribution in [3.63, 3.8) is 0 Å². The van der Waals surface area contributed by atoms with Gasteiger partial charge < -0.3 is 9.72 Å². The molecule has 0 saturated carbocycles. The Morgan fingerprint density at radius 1 is 1.08 bits per heavy atom. The molecule has 0 amide bonds. The van der Waals surface area contributed by atoms with Gasteiger partial charge in [-0.3, -0.25) is 4.79 Å². The van der Waals surface area contributed by atoms with E-state index < -0.39 is 0 Å². The van der Waals surface area contributed by atoms with Gasteiger partial charge in [0, 0.05) is 23.7 Å². The number of nitrogens with zero attached hydrogens (tertiary/aromatic N) is 2. The van der Waals surface area contributed by atoms with Gasteiger partial charge in [0.05, 0.1) is 12.8 Å². The van der Waals surface area contributed by atoms with Crippen molar-refractivity contribution in [2.75, 3.05) is 7.11 Å². The van der Waals surface area contributed by atoms with E-state index >= 15 is 0 Å². The maximum atomic E-state index is 12.5. The van der Waals surface area contributed by atoms with Crippen molar-refractivity contribution in [3.05, 3.63) is 88.0 Å². The smallest absolute Gasteiger partial charge is 0.274 e. The minimum atomic E-state index is -0.132. The summed E-state index contributed by atoms with van der Waals surface area (Å²) in [5.41, 5.74) is 5.32. The van der Waals surface area contributed by atoms with Crippen LogP contribution in [0, 0.1) is 6.92 Å². The Bertz CT molecular complexity index is 1110. The van der Waals surface area contributed by atoms with Crippen LogP contribution >= 0.6 is 0 Å². The molecule has 0 saturated heterocycles. The van der Waals surface area contributed by atoms with Crippen LogP contribution in [0.3, 0.4) is 0 Å². The summed E-state index contributed by atoms with van der Waals surface area (Å²) in [6.45, 7) is 1.91. The van der Waals surface area contributed by atoms with Crippen molar-refractivity contribution in [3.8, 4) is 16.9 Å². The normalized spacial score (nSPS) is 11.0. The zero-order chi connectivity index (χ0) is 18.1. The van der Waals surface area contributed by atoms with E-state index in [1.165, 1.54) is 4.52 Å². The first-order chi connectivity index (χ1) is 12.7. The summed E-state index contributed by atoms with van der Waals surface area (Å²) in [4.78, 5) is 15.9. The van der Waals surface area contributed by atoms with E-state index in [0.717, 1.165) is 33.8 Å². The summed E-state index contributed by atoms with van der Waals surface area (Å²) in [6.07, 6.45) is 0.666. The molecule has 0 aliphatic rings. The molecule has 5 nitrogen and oxygen atoms in total. The predicted octanol–water partition coefficient (Wildman–Crippen LogP) is 3.60. The van der Waals surface area contributed by atoms with Gasteiger partial charge in [0.1, 0.15) is 11.4 Å². The van der Waals surface area contributed by atoms with E-state index in [1.54, 1.807) is 13.2 Å². The maximum Gasteiger partial charge on any atom is 0.274 e. The molecule has 0 spiro atoms. The van der Waals surface area contributed by atoms with Crippen molar-refractivity contribution in [1.82, 2.24) is 14.6 Å². The molecular formula is C21H19N3O2. The Morgan fingerprint density at radius 3 is 2.50 bits per heavy atom. The summed E-state index contributed by atoms with van der Waals surface area (Å²) < 4.78 is 6.66. The van der Waals surface area contributed by atoms with Gasteiger partial charge in [-0.05, 0) is 30.2 Å². The van der Waals surface area contributed by atoms with E-state index in [4.69, 9.17) is 4.74 Å². The molecule has 4 rings (SSSR count). The summed E-state index contributed by atoms with van der Waals surface area (Å²) in [5.74, 6) is 0.793. The molecule has 0 aliphatic heterocycles. The lowest BCUT2D eigenvalue weighted by Gasteiger charge is -2.06. The molecular weight excluding hydrogens is 326 g/mol. The number of fused-ring (bicyclic) bond motifs is 1. The Labute approximate surface area is 150 Å². The third kappa shape index (κ3) is 2.88. The fourth-order valence-electron chi connectivity index (χ4n) is 3.21. The second-order valence-electron chi connectivity index (χ2n) is 6.24. The first kappa shape index (κ1) is 16.1. The number of ether oxygens (including phenoxy) is 1. The van der Waals surface area contributed by atoms with Gasteiger partial charge in [-0.25, -0.2) is 0 Å². The van der Waals surface area contributed by atoms with Crippen LogP contribution in [0.25, 0.3) is 16.8 Å². The van der Waals surface area contributed by atoms with Crippen LogP contribution in [-0.2, 0) is 6.42 Å². The van der Waals surface area contributed by atoms with Crippen molar-refractivity contribution in [2.45, 2.75) is 13.3 Å². The molecule has 0 radical (unpaired) electrons. The van der Waals surface area contributed by atoms with Crippen LogP contribution in [0.2, 0.25) is 0 Å². The Kier molecular flexibility index (Phi) is 4.05. The van der Waals surface area contributed by atoms with E-state index in [1.807, 2.05) is 49.4 Å². The number of aromatic nitrogens is 3. The second kappa shape index (κ2) is 6.52. The lowest BCUT2D eigenvalue weighted by molar-refractivity contribution is 0.415. The van der Waals surface area contributed by atoms with Gasteiger partial charge in [-0.2, -0.15) is 9.61 Å². The summed E-state index contributed by atoms with van der Waals surface area (Å²) in [6, 6.07) is 19.5. The standard InChI is InChI=1S/C21H19N3O2/c1-14-20(16-8-10-18(26-2)11-9-16)21-22-17(13-19(25)24(21)23-14)12-15-6-4-3-5-7-15/h3-11,13,22H,12H2,1-2H3. The molecule has 0 aliphatic carbocycles. The first-order valence-corrected chi connectivity index (χ1v) is 8.45. The van der Waals surface area contributed by atoms with Crippen molar-refractivity contribution in [2.24, 2.45) is 0 Å². The van der Waals surface area contributed by atoms with Gasteiger partial charge in [0.15, 0.2) is 0 Å². The number of nitrogens with one attached hydrogen (secondary N) is 1. The van der Waals surface area contributed by atoms with E-state index in [9.17, 15) is 4.79 Å². The lowest BCUT2D eigenvalue weighted by Crippen LogP contribution is -2.15.